The van der Waals surface area contributed by atoms with Crippen LogP contribution < -0.4 is 0 Å². The lowest BCUT2D eigenvalue weighted by Gasteiger charge is -2.18. The summed E-state index contributed by atoms with van der Waals surface area (Å²) < 4.78 is 12.7. The van der Waals surface area contributed by atoms with E-state index in [2.05, 4.69) is 15.3 Å². The Morgan fingerprint density at radius 2 is 1.85 bits per heavy atom. The van der Waals surface area contributed by atoms with E-state index >= 15 is 0 Å². The molecule has 0 amide bonds. The Hall–Kier alpha value is -3.18. The predicted octanol–water partition coefficient (Wildman–Crippen LogP) is 4.15. The summed E-state index contributed by atoms with van der Waals surface area (Å²) >= 11 is 6.13. The van der Waals surface area contributed by atoms with E-state index in [1.165, 1.54) is 12.1 Å². The Kier molecular flexibility index (Phi) is 4.60. The molecule has 0 aliphatic carbocycles. The van der Waals surface area contributed by atoms with E-state index < -0.39 is 11.2 Å². The maximum Gasteiger partial charge on any atom is 0.303 e. The zero-order chi connectivity index (χ0) is 18.8. The summed E-state index contributed by atoms with van der Waals surface area (Å²) in [7, 11) is 0. The summed E-state index contributed by atoms with van der Waals surface area (Å²) in [6.45, 7) is 0. The van der Waals surface area contributed by atoms with Gasteiger partial charge in [-0.25, -0.2) is 0 Å². The lowest BCUT2D eigenvalue weighted by atomic mass is 10.2. The average molecular weight is 400 g/mol. The minimum Gasteiger partial charge on any atom is -0.437 e. The quantitative estimate of drug-likeness (QED) is 0.357. The number of benzene rings is 2. The number of nitro groups is 1. The fourth-order valence-corrected chi connectivity index (χ4v) is 3.31. The molecule has 2 aromatic carbocycles. The summed E-state index contributed by atoms with van der Waals surface area (Å²) in [4.78, 5) is 10.3. The highest BCUT2D eigenvalue weighted by Gasteiger charge is 2.31. The molecule has 2 heterocycles. The lowest BCUT2D eigenvalue weighted by Crippen LogP contribution is -2.13. The van der Waals surface area contributed by atoms with E-state index in [-0.39, 0.29) is 22.0 Å². The summed E-state index contributed by atoms with van der Waals surface area (Å²) in [5.41, 5.74) is 1.44. The molecule has 0 N–H and O–H groups in total. The summed E-state index contributed by atoms with van der Waals surface area (Å²) in [6, 6.07) is 15.3. The highest BCUT2D eigenvalue weighted by atomic mass is 32.2. The number of non-ortho nitro benzene ring substituents is 1. The summed E-state index contributed by atoms with van der Waals surface area (Å²) in [6.07, 6.45) is -0.501. The number of hydrogen-bond acceptors (Lipinski definition) is 9. The first-order valence-corrected chi connectivity index (χ1v) is 8.81. The Labute approximate surface area is 162 Å². The van der Waals surface area contributed by atoms with Crippen molar-refractivity contribution >= 4 is 35.5 Å². The highest BCUT2D eigenvalue weighted by Crippen LogP contribution is 2.38. The van der Waals surface area contributed by atoms with Gasteiger partial charge in [-0.2, -0.15) is 4.41 Å². The van der Waals surface area contributed by atoms with Gasteiger partial charge in [-0.1, -0.05) is 35.4 Å². The second-order valence-electron chi connectivity index (χ2n) is 5.32. The van der Waals surface area contributed by atoms with Gasteiger partial charge in [0.1, 0.15) is 0 Å². The van der Waals surface area contributed by atoms with Gasteiger partial charge in [0.05, 0.1) is 16.9 Å². The summed E-state index contributed by atoms with van der Waals surface area (Å²) in [5, 5.41) is 23.2. The van der Waals surface area contributed by atoms with Crippen LogP contribution in [0.4, 0.5) is 5.69 Å². The van der Waals surface area contributed by atoms with Crippen LogP contribution in [0.25, 0.3) is 11.5 Å². The van der Waals surface area contributed by atoms with E-state index in [4.69, 9.17) is 21.8 Å². The van der Waals surface area contributed by atoms with Gasteiger partial charge >= 0.3 is 5.23 Å². The van der Waals surface area contributed by atoms with Gasteiger partial charge in [0.25, 0.3) is 10.9 Å². The molecule has 135 valence electrons. The smallest absolute Gasteiger partial charge is 0.303 e. The van der Waals surface area contributed by atoms with Crippen molar-refractivity contribution in [2.75, 3.05) is 0 Å². The molecule has 11 heteroatoms. The van der Waals surface area contributed by atoms with Crippen molar-refractivity contribution in [1.82, 2.24) is 14.6 Å². The molecule has 1 unspecified atom stereocenters. The van der Waals surface area contributed by atoms with E-state index in [0.717, 1.165) is 17.5 Å². The molecule has 1 aromatic heterocycles. The number of hydrogen-bond donors (Lipinski definition) is 0. The minimum atomic E-state index is -0.501. The predicted molar refractivity (Wildman–Crippen MR) is 99.4 cm³/mol. The largest absolute Gasteiger partial charge is 0.437 e. The molecule has 3 aromatic rings. The fourth-order valence-electron chi connectivity index (χ4n) is 2.35. The van der Waals surface area contributed by atoms with Crippen molar-refractivity contribution in [3.05, 3.63) is 70.3 Å². The van der Waals surface area contributed by atoms with Crippen LogP contribution in [0.2, 0.25) is 0 Å². The topological polar surface area (TPSA) is 107 Å². The van der Waals surface area contributed by atoms with Crippen molar-refractivity contribution in [2.24, 2.45) is 5.10 Å². The summed E-state index contributed by atoms with van der Waals surface area (Å²) in [5.74, 6) is 0.242. The van der Waals surface area contributed by atoms with Gasteiger partial charge in [-0.15, -0.1) is 10.2 Å². The van der Waals surface area contributed by atoms with Gasteiger partial charge in [-0.05, 0) is 24.8 Å². The number of nitrogens with zero attached hydrogens (tertiary/aromatic N) is 5. The van der Waals surface area contributed by atoms with Gasteiger partial charge in [0.15, 0.2) is 0 Å². The number of aromatic nitrogens is 2. The minimum absolute atomic E-state index is 0.0138. The Morgan fingerprint density at radius 1 is 1.11 bits per heavy atom. The van der Waals surface area contributed by atoms with Crippen LogP contribution in [-0.4, -0.2) is 24.8 Å². The zero-order valence-electron chi connectivity index (χ0n) is 13.5. The van der Waals surface area contributed by atoms with Crippen molar-refractivity contribution in [3.8, 4) is 11.5 Å². The molecule has 9 nitrogen and oxygen atoms in total. The molecule has 0 saturated carbocycles. The van der Waals surface area contributed by atoms with Crippen LogP contribution in [0.3, 0.4) is 0 Å². The van der Waals surface area contributed by atoms with E-state index in [1.807, 2.05) is 30.3 Å². The first kappa shape index (κ1) is 17.2. The molecule has 1 aliphatic heterocycles. The van der Waals surface area contributed by atoms with Gasteiger partial charge in [-0.3, -0.25) is 10.1 Å². The fraction of sp³-hybridized carbons (Fsp3) is 0.0625. The van der Waals surface area contributed by atoms with E-state index in [1.54, 1.807) is 16.5 Å². The van der Waals surface area contributed by atoms with Crippen molar-refractivity contribution in [3.63, 3.8) is 0 Å². The zero-order valence-corrected chi connectivity index (χ0v) is 15.1. The lowest BCUT2D eigenvalue weighted by molar-refractivity contribution is -0.384. The standard InChI is InChI=1S/C16H10N5O4S2/c22-21(23)12-8-6-10(7-9-12)13-17-18-16(24-13)27-20-14(25-15(26)19-20)11-4-2-1-3-5-11/h1-9,14H. The second-order valence-corrected chi connectivity index (χ2v) is 6.57. The Bertz CT molecular complexity index is 994. The number of nitro benzene ring substituents is 1. The molecule has 0 fully saturated rings. The molecule has 27 heavy (non-hydrogen) atoms. The maximum absolute atomic E-state index is 10.7. The highest BCUT2D eigenvalue weighted by molar-refractivity contribution is 7.97. The molecule has 0 spiro atoms. The van der Waals surface area contributed by atoms with Crippen LogP contribution in [-0.2, 0) is 4.74 Å². The first-order chi connectivity index (χ1) is 13.1. The Morgan fingerprint density at radius 3 is 2.56 bits per heavy atom. The van der Waals surface area contributed by atoms with Gasteiger partial charge in [0.2, 0.25) is 12.1 Å². The number of hydrazone groups is 1. The Balaban J connectivity index is 1.52. The molecule has 1 radical (unpaired) electrons. The van der Waals surface area contributed by atoms with Crippen LogP contribution in [0.1, 0.15) is 11.8 Å². The van der Waals surface area contributed by atoms with Crippen LogP contribution in [0.15, 0.2) is 69.3 Å². The number of ether oxygens (including phenoxy) is 1. The SMILES string of the molecule is O=[N+]([O-])c1ccc(-c2nnc(SN3N=C([S])OC3c3ccccc3)o2)cc1. The normalized spacial score (nSPS) is 16.1. The second kappa shape index (κ2) is 7.21. The average Bonchev–Trinajstić information content (AvgIpc) is 3.29. The van der Waals surface area contributed by atoms with E-state index in [9.17, 15) is 10.1 Å². The molecular weight excluding hydrogens is 390 g/mol. The van der Waals surface area contributed by atoms with Crippen molar-refractivity contribution in [1.29, 1.82) is 0 Å². The van der Waals surface area contributed by atoms with Gasteiger partial charge < -0.3 is 9.15 Å². The molecule has 1 aliphatic rings. The molecule has 0 saturated heterocycles. The molecule has 1 atom stereocenters. The van der Waals surface area contributed by atoms with Crippen LogP contribution in [0.5, 0.6) is 0 Å². The van der Waals surface area contributed by atoms with Crippen molar-refractivity contribution in [2.45, 2.75) is 11.5 Å². The first-order valence-electron chi connectivity index (χ1n) is 7.63. The molecule has 0 bridgehead atoms. The maximum atomic E-state index is 10.7. The van der Waals surface area contributed by atoms with E-state index in [0.29, 0.717) is 5.56 Å². The third-order valence-corrected chi connectivity index (χ3v) is 4.54. The van der Waals surface area contributed by atoms with Crippen LogP contribution >= 0.6 is 24.6 Å². The van der Waals surface area contributed by atoms with Crippen LogP contribution in [0, 0.1) is 10.1 Å². The monoisotopic (exact) mass is 400 g/mol. The third kappa shape index (κ3) is 3.68. The van der Waals surface area contributed by atoms with Crippen molar-refractivity contribution < 1.29 is 14.1 Å². The molecule has 4 rings (SSSR count). The third-order valence-electron chi connectivity index (χ3n) is 3.58. The number of rotatable bonds is 5. The molecular formula is C16H10N5O4S2. The van der Waals surface area contributed by atoms with Gasteiger partial charge in [0, 0.05) is 23.3 Å².